The van der Waals surface area contributed by atoms with Crippen LogP contribution in [-0.4, -0.2) is 4.57 Å². The Morgan fingerprint density at radius 1 is 1.12 bits per heavy atom. The zero-order valence-electron chi connectivity index (χ0n) is 9.47. The van der Waals surface area contributed by atoms with Crippen LogP contribution in [0.1, 0.15) is 16.8 Å². The summed E-state index contributed by atoms with van der Waals surface area (Å²) in [6.45, 7) is 3.70. The van der Waals surface area contributed by atoms with Crippen LogP contribution < -0.4 is 0 Å². The molecule has 0 aliphatic carbocycles. The summed E-state index contributed by atoms with van der Waals surface area (Å²) >= 11 is 0. The molecule has 1 aromatic heterocycles. The van der Waals surface area contributed by atoms with Crippen LogP contribution >= 0.6 is 0 Å². The fourth-order valence-electron chi connectivity index (χ4n) is 1.76. The van der Waals surface area contributed by atoms with Gasteiger partial charge in [0, 0.05) is 11.4 Å². The molecule has 0 aliphatic rings. The summed E-state index contributed by atoms with van der Waals surface area (Å²) in [4.78, 5) is 0. The highest BCUT2D eigenvalue weighted by molar-refractivity contribution is 5.40. The molecule has 2 aromatic rings. The average Bonchev–Trinajstić information content (AvgIpc) is 2.57. The second-order valence-electron chi connectivity index (χ2n) is 3.96. The first-order valence-corrected chi connectivity index (χ1v) is 5.14. The Morgan fingerprint density at radius 3 is 2.35 bits per heavy atom. The van der Waals surface area contributed by atoms with Crippen molar-refractivity contribution >= 4 is 0 Å². The van der Waals surface area contributed by atoms with Gasteiger partial charge in [-0.25, -0.2) is 0 Å². The van der Waals surface area contributed by atoms with E-state index in [1.807, 2.05) is 19.9 Å². The van der Waals surface area contributed by atoms with E-state index in [9.17, 15) is 13.2 Å². The van der Waals surface area contributed by atoms with Crippen molar-refractivity contribution in [2.24, 2.45) is 0 Å². The molecule has 0 spiro atoms. The molecule has 1 nitrogen and oxygen atoms in total. The second kappa shape index (κ2) is 3.95. The Labute approximate surface area is 97.5 Å². The minimum atomic E-state index is -4.31. The van der Waals surface area contributed by atoms with Crippen LogP contribution in [0.2, 0.25) is 0 Å². The average molecular weight is 238 g/mol. The van der Waals surface area contributed by atoms with Gasteiger partial charge in [0.15, 0.2) is 0 Å². The first kappa shape index (κ1) is 11.8. The van der Waals surface area contributed by atoms with Crippen molar-refractivity contribution < 1.29 is 13.2 Å². The van der Waals surface area contributed by atoms with Gasteiger partial charge in [0.25, 0.3) is 0 Å². The normalized spacial score (nSPS) is 11.8. The van der Waals surface area contributed by atoms with Gasteiger partial charge in [-0.1, -0.05) is 6.07 Å². The van der Waals surface area contributed by atoms with Crippen molar-refractivity contribution in [3.63, 3.8) is 0 Å². The molecule has 0 saturated heterocycles. The van der Waals surface area contributed by atoms with Gasteiger partial charge in [0.05, 0.1) is 11.8 Å². The molecule has 1 radical (unpaired) electrons. The number of nitrogens with zero attached hydrogens (tertiary/aromatic N) is 1. The summed E-state index contributed by atoms with van der Waals surface area (Å²) in [6.07, 6.45) is -1.32. The number of benzene rings is 1. The van der Waals surface area contributed by atoms with Gasteiger partial charge in [-0.05, 0) is 43.7 Å². The fraction of sp³-hybridized carbons (Fsp3) is 0.231. The maximum Gasteiger partial charge on any atom is 0.416 e. The van der Waals surface area contributed by atoms with E-state index in [0.29, 0.717) is 5.69 Å². The molecule has 0 saturated carbocycles. The van der Waals surface area contributed by atoms with E-state index in [0.717, 1.165) is 23.4 Å². The second-order valence-corrected chi connectivity index (χ2v) is 3.96. The summed E-state index contributed by atoms with van der Waals surface area (Å²) < 4.78 is 39.3. The summed E-state index contributed by atoms with van der Waals surface area (Å²) in [6, 6.07) is 7.11. The van der Waals surface area contributed by atoms with E-state index in [1.54, 1.807) is 10.6 Å². The third-order valence-corrected chi connectivity index (χ3v) is 2.50. The van der Waals surface area contributed by atoms with E-state index in [4.69, 9.17) is 0 Å². The minimum absolute atomic E-state index is 0.477. The molecule has 17 heavy (non-hydrogen) atoms. The van der Waals surface area contributed by atoms with Crippen LogP contribution in [0, 0.1) is 20.0 Å². The Hall–Kier alpha value is -1.71. The summed E-state index contributed by atoms with van der Waals surface area (Å²) in [5.74, 6) is 0. The molecule has 0 bridgehead atoms. The monoisotopic (exact) mass is 238 g/mol. The van der Waals surface area contributed by atoms with Crippen molar-refractivity contribution in [3.05, 3.63) is 53.3 Å². The number of halogens is 3. The van der Waals surface area contributed by atoms with Gasteiger partial charge >= 0.3 is 6.18 Å². The first-order chi connectivity index (χ1) is 7.88. The van der Waals surface area contributed by atoms with Gasteiger partial charge < -0.3 is 4.57 Å². The number of hydrogen-bond donors (Lipinski definition) is 0. The zero-order chi connectivity index (χ0) is 12.6. The molecule has 0 amide bonds. The van der Waals surface area contributed by atoms with E-state index >= 15 is 0 Å². The molecule has 0 N–H and O–H groups in total. The Morgan fingerprint density at radius 2 is 1.82 bits per heavy atom. The van der Waals surface area contributed by atoms with Crippen LogP contribution in [0.4, 0.5) is 13.2 Å². The predicted octanol–water partition coefficient (Wildman–Crippen LogP) is 3.91. The lowest BCUT2D eigenvalue weighted by atomic mass is 10.2. The highest BCUT2D eigenvalue weighted by Crippen LogP contribution is 2.30. The minimum Gasteiger partial charge on any atom is -0.312 e. The van der Waals surface area contributed by atoms with E-state index in [-0.39, 0.29) is 0 Å². The number of aryl methyl sites for hydroxylation is 2. The maximum absolute atomic E-state index is 12.6. The molecular formula is C13H11F3N. The SMILES string of the molecule is Cc1[c]n(-c2cccc(C(F)(F)F)c2)c(C)c1. The lowest BCUT2D eigenvalue weighted by Crippen LogP contribution is -2.06. The zero-order valence-corrected chi connectivity index (χ0v) is 9.47. The van der Waals surface area contributed by atoms with Crippen molar-refractivity contribution in [3.8, 4) is 5.69 Å². The highest BCUT2D eigenvalue weighted by Gasteiger charge is 2.30. The summed E-state index contributed by atoms with van der Waals surface area (Å²) in [5.41, 5.74) is 1.60. The molecule has 4 heteroatoms. The first-order valence-electron chi connectivity index (χ1n) is 5.14. The molecule has 1 heterocycles. The predicted molar refractivity (Wildman–Crippen MR) is 59.1 cm³/mol. The lowest BCUT2D eigenvalue weighted by molar-refractivity contribution is -0.137. The Balaban J connectivity index is 2.50. The van der Waals surface area contributed by atoms with Crippen LogP contribution in [-0.2, 0) is 6.18 Å². The number of alkyl halides is 3. The quantitative estimate of drug-likeness (QED) is 0.709. The van der Waals surface area contributed by atoms with Crippen LogP contribution in [0.25, 0.3) is 5.69 Å². The molecule has 0 atom stereocenters. The van der Waals surface area contributed by atoms with Crippen molar-refractivity contribution in [2.75, 3.05) is 0 Å². The van der Waals surface area contributed by atoms with Gasteiger partial charge in [0.2, 0.25) is 0 Å². The standard InChI is InChI=1S/C13H11F3N/c1-9-6-10(2)17(8-9)12-5-3-4-11(7-12)13(14,15)16/h3-7H,1-2H3. The van der Waals surface area contributed by atoms with Gasteiger partial charge in [-0.15, -0.1) is 0 Å². The van der Waals surface area contributed by atoms with Crippen molar-refractivity contribution in [1.82, 2.24) is 4.57 Å². The van der Waals surface area contributed by atoms with Crippen molar-refractivity contribution in [1.29, 1.82) is 0 Å². The van der Waals surface area contributed by atoms with Crippen LogP contribution in [0.3, 0.4) is 0 Å². The van der Waals surface area contributed by atoms with Gasteiger partial charge in [-0.2, -0.15) is 13.2 Å². The number of aromatic nitrogens is 1. The fourth-order valence-corrected chi connectivity index (χ4v) is 1.76. The molecular weight excluding hydrogens is 227 g/mol. The van der Waals surface area contributed by atoms with Crippen LogP contribution in [0.15, 0.2) is 30.3 Å². The third-order valence-electron chi connectivity index (χ3n) is 2.50. The molecule has 89 valence electrons. The van der Waals surface area contributed by atoms with Gasteiger partial charge in [-0.3, -0.25) is 0 Å². The number of hydrogen-bond acceptors (Lipinski definition) is 0. The Kier molecular flexibility index (Phi) is 2.73. The molecule has 2 rings (SSSR count). The molecule has 0 aliphatic heterocycles. The number of rotatable bonds is 1. The lowest BCUT2D eigenvalue weighted by Gasteiger charge is -2.10. The summed E-state index contributed by atoms with van der Waals surface area (Å²) in [7, 11) is 0. The van der Waals surface area contributed by atoms with Gasteiger partial charge in [0.1, 0.15) is 0 Å². The molecule has 0 unspecified atom stereocenters. The summed E-state index contributed by atoms with van der Waals surface area (Å²) in [5, 5.41) is 0. The molecule has 1 aromatic carbocycles. The van der Waals surface area contributed by atoms with Crippen LogP contribution in [0.5, 0.6) is 0 Å². The van der Waals surface area contributed by atoms with Crippen molar-refractivity contribution in [2.45, 2.75) is 20.0 Å². The van der Waals surface area contributed by atoms with E-state index < -0.39 is 11.7 Å². The topological polar surface area (TPSA) is 4.93 Å². The van der Waals surface area contributed by atoms with E-state index in [2.05, 4.69) is 6.20 Å². The Bertz CT molecular complexity index is 538. The highest BCUT2D eigenvalue weighted by atomic mass is 19.4. The third kappa shape index (κ3) is 2.35. The molecule has 0 fully saturated rings. The largest absolute Gasteiger partial charge is 0.416 e. The van der Waals surface area contributed by atoms with E-state index in [1.165, 1.54) is 6.07 Å². The smallest absolute Gasteiger partial charge is 0.312 e. The maximum atomic E-state index is 12.6.